The Kier molecular flexibility index (Phi) is 2.88. The fraction of sp³-hybridized carbons (Fsp3) is 0.125. The van der Waals surface area contributed by atoms with Crippen molar-refractivity contribution >= 4 is 0 Å². The Bertz CT molecular complexity index is 696. The molecule has 19 heavy (non-hydrogen) atoms. The van der Waals surface area contributed by atoms with Crippen LogP contribution in [0.25, 0.3) is 16.9 Å². The van der Waals surface area contributed by atoms with Crippen LogP contribution < -0.4 is 0 Å². The third kappa shape index (κ3) is 2.27. The van der Waals surface area contributed by atoms with Crippen molar-refractivity contribution in [3.63, 3.8) is 0 Å². The molecule has 0 unspecified atom stereocenters. The van der Waals surface area contributed by atoms with Gasteiger partial charge in [0.2, 0.25) is 0 Å². The topological polar surface area (TPSA) is 30.7 Å². The molecule has 0 saturated carbocycles. The summed E-state index contributed by atoms with van der Waals surface area (Å²) < 4.78 is 1.82. The summed E-state index contributed by atoms with van der Waals surface area (Å²) in [6.07, 6.45) is 1.97. The molecule has 0 amide bonds. The van der Waals surface area contributed by atoms with Crippen molar-refractivity contribution < 1.29 is 0 Å². The van der Waals surface area contributed by atoms with E-state index in [1.54, 1.807) is 0 Å². The summed E-state index contributed by atoms with van der Waals surface area (Å²) in [5.74, 6) is 0. The zero-order valence-electron chi connectivity index (χ0n) is 11.0. The van der Waals surface area contributed by atoms with Gasteiger partial charge in [0.25, 0.3) is 0 Å². The summed E-state index contributed by atoms with van der Waals surface area (Å²) >= 11 is 0. The second kappa shape index (κ2) is 4.69. The van der Waals surface area contributed by atoms with E-state index in [9.17, 15) is 0 Å². The van der Waals surface area contributed by atoms with Crippen LogP contribution in [-0.4, -0.2) is 15.0 Å². The van der Waals surface area contributed by atoms with Gasteiger partial charge in [-0.05, 0) is 25.5 Å². The van der Waals surface area contributed by atoms with Crippen molar-refractivity contribution in [2.24, 2.45) is 0 Å². The molecule has 0 aliphatic carbocycles. The molecule has 1 heterocycles. The zero-order valence-corrected chi connectivity index (χ0v) is 11.0. The molecule has 0 aliphatic heterocycles. The van der Waals surface area contributed by atoms with Gasteiger partial charge in [0.15, 0.2) is 0 Å². The summed E-state index contributed by atoms with van der Waals surface area (Å²) in [6.45, 7) is 4.15. The molecular weight excluding hydrogens is 234 g/mol. The lowest BCUT2D eigenvalue weighted by molar-refractivity contribution is 0.799. The van der Waals surface area contributed by atoms with E-state index in [-0.39, 0.29) is 0 Å². The summed E-state index contributed by atoms with van der Waals surface area (Å²) in [5.41, 5.74) is 5.47. The van der Waals surface area contributed by atoms with E-state index >= 15 is 0 Å². The molecule has 94 valence electrons. The smallest absolute Gasteiger partial charge is 0.113 e. The van der Waals surface area contributed by atoms with Crippen LogP contribution in [0.15, 0.2) is 54.7 Å². The van der Waals surface area contributed by atoms with Crippen LogP contribution in [-0.2, 0) is 0 Å². The van der Waals surface area contributed by atoms with E-state index in [0.717, 1.165) is 16.9 Å². The van der Waals surface area contributed by atoms with Crippen molar-refractivity contribution in [1.29, 1.82) is 0 Å². The van der Waals surface area contributed by atoms with Crippen LogP contribution in [0.4, 0.5) is 0 Å². The predicted octanol–water partition coefficient (Wildman–Crippen LogP) is 3.55. The Morgan fingerprint density at radius 2 is 1.63 bits per heavy atom. The molecule has 3 rings (SSSR count). The lowest BCUT2D eigenvalue weighted by Gasteiger charge is -2.03. The summed E-state index contributed by atoms with van der Waals surface area (Å²) in [7, 11) is 0. The van der Waals surface area contributed by atoms with Crippen molar-refractivity contribution in [3.05, 3.63) is 65.9 Å². The van der Waals surface area contributed by atoms with E-state index in [0.29, 0.717) is 0 Å². The minimum absolute atomic E-state index is 0.892. The number of hydrogen-bond donors (Lipinski definition) is 0. The monoisotopic (exact) mass is 249 g/mol. The Morgan fingerprint density at radius 3 is 2.37 bits per heavy atom. The van der Waals surface area contributed by atoms with Crippen molar-refractivity contribution in [3.8, 4) is 16.9 Å². The molecule has 0 N–H and O–H groups in total. The van der Waals surface area contributed by atoms with Gasteiger partial charge in [0.1, 0.15) is 5.69 Å². The Hall–Kier alpha value is -2.42. The van der Waals surface area contributed by atoms with Crippen LogP contribution in [0.1, 0.15) is 11.1 Å². The van der Waals surface area contributed by atoms with Gasteiger partial charge >= 0.3 is 0 Å². The quantitative estimate of drug-likeness (QED) is 0.695. The minimum atomic E-state index is 0.892. The van der Waals surface area contributed by atoms with Gasteiger partial charge in [0, 0.05) is 5.56 Å². The van der Waals surface area contributed by atoms with Gasteiger partial charge in [-0.25, -0.2) is 4.68 Å². The molecule has 2 aromatic carbocycles. The fourth-order valence-electron chi connectivity index (χ4n) is 2.06. The van der Waals surface area contributed by atoms with E-state index < -0.39 is 0 Å². The molecule has 3 aromatic rings. The van der Waals surface area contributed by atoms with Gasteiger partial charge in [0.05, 0.1) is 11.9 Å². The first kappa shape index (κ1) is 11.7. The van der Waals surface area contributed by atoms with E-state index in [1.807, 2.05) is 29.1 Å². The van der Waals surface area contributed by atoms with Crippen LogP contribution in [0.5, 0.6) is 0 Å². The maximum absolute atomic E-state index is 4.25. The maximum Gasteiger partial charge on any atom is 0.113 e. The molecule has 3 nitrogen and oxygen atoms in total. The molecule has 0 spiro atoms. The van der Waals surface area contributed by atoms with E-state index in [2.05, 4.69) is 54.5 Å². The lowest BCUT2D eigenvalue weighted by atomic mass is 10.1. The third-order valence-electron chi connectivity index (χ3n) is 3.20. The second-order valence-electron chi connectivity index (χ2n) is 4.70. The van der Waals surface area contributed by atoms with Gasteiger partial charge < -0.3 is 0 Å². The normalized spacial score (nSPS) is 10.6. The SMILES string of the molecule is Cc1ccc(-c2cn(-c3ccccc3C)nn2)cc1. The van der Waals surface area contributed by atoms with Crippen LogP contribution in [0.2, 0.25) is 0 Å². The molecule has 0 atom stereocenters. The second-order valence-corrected chi connectivity index (χ2v) is 4.70. The number of para-hydroxylation sites is 1. The number of benzene rings is 2. The number of aryl methyl sites for hydroxylation is 2. The lowest BCUT2D eigenvalue weighted by Crippen LogP contribution is -1.96. The fourth-order valence-corrected chi connectivity index (χ4v) is 2.06. The Morgan fingerprint density at radius 1 is 0.895 bits per heavy atom. The highest BCUT2D eigenvalue weighted by atomic mass is 15.4. The molecule has 0 saturated heterocycles. The average molecular weight is 249 g/mol. The molecule has 1 aromatic heterocycles. The van der Waals surface area contributed by atoms with Crippen molar-refractivity contribution in [2.45, 2.75) is 13.8 Å². The highest BCUT2D eigenvalue weighted by Gasteiger charge is 2.06. The molecule has 0 radical (unpaired) electrons. The van der Waals surface area contributed by atoms with Gasteiger partial charge in [-0.1, -0.05) is 53.2 Å². The third-order valence-corrected chi connectivity index (χ3v) is 3.20. The first-order chi connectivity index (χ1) is 9.24. The van der Waals surface area contributed by atoms with Crippen molar-refractivity contribution in [1.82, 2.24) is 15.0 Å². The molecular formula is C16H15N3. The minimum Gasteiger partial charge on any atom is -0.220 e. The van der Waals surface area contributed by atoms with E-state index in [1.165, 1.54) is 11.1 Å². The first-order valence-corrected chi connectivity index (χ1v) is 6.29. The largest absolute Gasteiger partial charge is 0.220 e. The molecule has 0 fully saturated rings. The standard InChI is InChI=1S/C16H15N3/c1-12-7-9-14(10-8-12)15-11-19(18-17-15)16-6-4-3-5-13(16)2/h3-11H,1-2H3. The van der Waals surface area contributed by atoms with Crippen LogP contribution >= 0.6 is 0 Å². The van der Waals surface area contributed by atoms with Gasteiger partial charge in [-0.15, -0.1) is 5.10 Å². The first-order valence-electron chi connectivity index (χ1n) is 6.29. The number of aromatic nitrogens is 3. The highest BCUT2D eigenvalue weighted by Crippen LogP contribution is 2.19. The zero-order chi connectivity index (χ0) is 13.2. The van der Waals surface area contributed by atoms with Crippen LogP contribution in [0.3, 0.4) is 0 Å². The molecule has 3 heteroatoms. The highest BCUT2D eigenvalue weighted by molar-refractivity contribution is 5.58. The summed E-state index contributed by atoms with van der Waals surface area (Å²) in [6, 6.07) is 16.5. The van der Waals surface area contributed by atoms with Crippen molar-refractivity contribution in [2.75, 3.05) is 0 Å². The summed E-state index contributed by atoms with van der Waals surface area (Å²) in [4.78, 5) is 0. The number of hydrogen-bond acceptors (Lipinski definition) is 2. The molecule has 0 bridgehead atoms. The van der Waals surface area contributed by atoms with Gasteiger partial charge in [-0.2, -0.15) is 0 Å². The van der Waals surface area contributed by atoms with Crippen LogP contribution in [0, 0.1) is 13.8 Å². The average Bonchev–Trinajstić information content (AvgIpc) is 2.89. The Labute approximate surface area is 112 Å². The predicted molar refractivity (Wildman–Crippen MR) is 76.3 cm³/mol. The summed E-state index contributed by atoms with van der Waals surface area (Å²) in [5, 5.41) is 8.46. The number of rotatable bonds is 2. The maximum atomic E-state index is 4.25. The Balaban J connectivity index is 2.00. The van der Waals surface area contributed by atoms with Gasteiger partial charge in [-0.3, -0.25) is 0 Å². The number of nitrogens with zero attached hydrogens (tertiary/aromatic N) is 3. The molecule has 0 aliphatic rings. The van der Waals surface area contributed by atoms with E-state index in [4.69, 9.17) is 0 Å².